The van der Waals surface area contributed by atoms with Gasteiger partial charge >= 0.3 is 0 Å². The fourth-order valence-electron chi connectivity index (χ4n) is 8.16. The first-order valence-corrected chi connectivity index (χ1v) is 17.4. The van der Waals surface area contributed by atoms with Crippen molar-refractivity contribution in [3.05, 3.63) is 210 Å². The molecule has 0 N–H and O–H groups in total. The number of aromatic nitrogens is 3. The van der Waals surface area contributed by atoms with E-state index < -0.39 is 5.41 Å². The highest BCUT2D eigenvalue weighted by Gasteiger charge is 2.46. The van der Waals surface area contributed by atoms with E-state index in [-0.39, 0.29) is 0 Å². The van der Waals surface area contributed by atoms with Crippen LogP contribution in [0.4, 0.5) is 0 Å². The summed E-state index contributed by atoms with van der Waals surface area (Å²) in [5.74, 6) is 1.95. The highest BCUT2D eigenvalue weighted by atomic mass is 15.0. The van der Waals surface area contributed by atoms with Crippen LogP contribution < -0.4 is 0 Å². The van der Waals surface area contributed by atoms with Crippen LogP contribution in [0.3, 0.4) is 0 Å². The van der Waals surface area contributed by atoms with Gasteiger partial charge in [-0.1, -0.05) is 188 Å². The predicted molar refractivity (Wildman–Crippen MR) is 208 cm³/mol. The second-order valence-corrected chi connectivity index (χ2v) is 13.1. The molecule has 8 aromatic carbocycles. The van der Waals surface area contributed by atoms with E-state index in [9.17, 15) is 0 Å². The third kappa shape index (κ3) is 4.56. The summed E-state index contributed by atoms with van der Waals surface area (Å²) in [4.78, 5) is 15.2. The van der Waals surface area contributed by atoms with Crippen LogP contribution in [0.25, 0.3) is 66.8 Å². The summed E-state index contributed by atoms with van der Waals surface area (Å²) in [6, 6.07) is 67.0. The van der Waals surface area contributed by atoms with Crippen molar-refractivity contribution in [1.82, 2.24) is 15.0 Å². The first kappa shape index (κ1) is 29.2. The zero-order valence-corrected chi connectivity index (χ0v) is 27.7. The van der Waals surface area contributed by atoms with Crippen molar-refractivity contribution < 1.29 is 0 Å². The van der Waals surface area contributed by atoms with Crippen molar-refractivity contribution >= 4 is 21.5 Å². The van der Waals surface area contributed by atoms with Gasteiger partial charge in [0.25, 0.3) is 0 Å². The lowest BCUT2D eigenvalue weighted by atomic mass is 9.67. The molecule has 0 saturated heterocycles. The molecule has 0 radical (unpaired) electrons. The number of hydrogen-bond acceptors (Lipinski definition) is 3. The van der Waals surface area contributed by atoms with E-state index in [1.807, 2.05) is 18.2 Å². The Balaban J connectivity index is 1.19. The van der Waals surface area contributed by atoms with Crippen LogP contribution in [0.2, 0.25) is 0 Å². The van der Waals surface area contributed by atoms with E-state index in [1.165, 1.54) is 44.2 Å². The molecule has 51 heavy (non-hydrogen) atoms. The van der Waals surface area contributed by atoms with Crippen molar-refractivity contribution in [1.29, 1.82) is 0 Å². The number of nitrogens with zero attached hydrogens (tertiary/aromatic N) is 3. The fourth-order valence-corrected chi connectivity index (χ4v) is 8.16. The van der Waals surface area contributed by atoms with Crippen molar-refractivity contribution in [2.45, 2.75) is 5.41 Å². The van der Waals surface area contributed by atoms with E-state index in [0.717, 1.165) is 27.5 Å². The van der Waals surface area contributed by atoms with Gasteiger partial charge in [-0.05, 0) is 54.9 Å². The van der Waals surface area contributed by atoms with Crippen LogP contribution in [0, 0.1) is 0 Å². The number of rotatable bonds is 5. The molecule has 9 aromatic rings. The molecule has 0 saturated carbocycles. The second-order valence-electron chi connectivity index (χ2n) is 13.1. The Morgan fingerprint density at radius 3 is 1.61 bits per heavy atom. The third-order valence-electron chi connectivity index (χ3n) is 10.4. The monoisotopic (exact) mass is 649 g/mol. The highest BCUT2D eigenvalue weighted by molar-refractivity contribution is 6.04. The van der Waals surface area contributed by atoms with Crippen LogP contribution in [0.5, 0.6) is 0 Å². The van der Waals surface area contributed by atoms with Crippen molar-refractivity contribution in [2.24, 2.45) is 0 Å². The van der Waals surface area contributed by atoms with E-state index in [4.69, 9.17) is 15.0 Å². The minimum Gasteiger partial charge on any atom is -0.208 e. The largest absolute Gasteiger partial charge is 0.208 e. The Bertz CT molecular complexity index is 2730. The van der Waals surface area contributed by atoms with Crippen LogP contribution in [0.1, 0.15) is 22.3 Å². The topological polar surface area (TPSA) is 38.7 Å². The standard InChI is InChI=1S/C48H31N3/c1-3-16-34(17-4-1)45-49-46(51-47(50-45)40-24-13-18-32-14-7-9-21-38(32)40)35-26-29-37(30-27-35)48(36-19-5-2-6-20-36)42-25-12-11-23-41(42)44-39-22-10-8-15-33(39)28-31-43(44)48/h1-31H. The van der Waals surface area contributed by atoms with Crippen molar-refractivity contribution in [2.75, 3.05) is 0 Å². The van der Waals surface area contributed by atoms with E-state index in [1.54, 1.807) is 0 Å². The smallest absolute Gasteiger partial charge is 0.164 e. The van der Waals surface area contributed by atoms with Gasteiger partial charge in [0.05, 0.1) is 5.41 Å². The maximum absolute atomic E-state index is 5.14. The summed E-state index contributed by atoms with van der Waals surface area (Å²) in [5.41, 5.74) is 9.99. The van der Waals surface area contributed by atoms with Gasteiger partial charge in [0.15, 0.2) is 17.5 Å². The highest BCUT2D eigenvalue weighted by Crippen LogP contribution is 2.57. The van der Waals surface area contributed by atoms with Crippen LogP contribution in [-0.4, -0.2) is 15.0 Å². The molecule has 1 aromatic heterocycles. The number of fused-ring (bicyclic) bond motifs is 6. The average molecular weight is 650 g/mol. The van der Waals surface area contributed by atoms with E-state index in [0.29, 0.717) is 17.5 Å². The summed E-state index contributed by atoms with van der Waals surface area (Å²) in [5, 5.41) is 4.79. The lowest BCUT2D eigenvalue weighted by molar-refractivity contribution is 0.769. The van der Waals surface area contributed by atoms with E-state index >= 15 is 0 Å². The molecule has 0 aliphatic heterocycles. The molecule has 0 bridgehead atoms. The molecule has 238 valence electrons. The van der Waals surface area contributed by atoms with Gasteiger partial charge in [-0.15, -0.1) is 0 Å². The molecule has 1 heterocycles. The van der Waals surface area contributed by atoms with Crippen molar-refractivity contribution in [3.8, 4) is 45.3 Å². The SMILES string of the molecule is c1ccc(-c2nc(-c3ccc(C4(c5ccccc5)c5ccccc5-c5c4ccc4ccccc54)cc3)nc(-c3cccc4ccccc34)n2)cc1. The van der Waals surface area contributed by atoms with Gasteiger partial charge < -0.3 is 0 Å². The molecule has 1 aliphatic rings. The molecule has 10 rings (SSSR count). The maximum atomic E-state index is 5.14. The Labute approximate surface area is 296 Å². The van der Waals surface area contributed by atoms with Gasteiger partial charge in [0, 0.05) is 16.7 Å². The first-order valence-electron chi connectivity index (χ1n) is 17.4. The fraction of sp³-hybridized carbons (Fsp3) is 0.0208. The normalized spacial score (nSPS) is 14.7. The lowest BCUT2D eigenvalue weighted by Crippen LogP contribution is -2.28. The van der Waals surface area contributed by atoms with E-state index in [2.05, 4.69) is 170 Å². The van der Waals surface area contributed by atoms with Crippen molar-refractivity contribution in [3.63, 3.8) is 0 Å². The zero-order chi connectivity index (χ0) is 33.8. The molecule has 1 unspecified atom stereocenters. The molecular weight excluding hydrogens is 619 g/mol. The van der Waals surface area contributed by atoms with Gasteiger partial charge in [-0.3, -0.25) is 0 Å². The number of hydrogen-bond donors (Lipinski definition) is 0. The number of benzene rings is 8. The molecule has 3 heteroatoms. The van der Waals surface area contributed by atoms with Crippen LogP contribution >= 0.6 is 0 Å². The Hall–Kier alpha value is -6.71. The van der Waals surface area contributed by atoms with Gasteiger partial charge in [0.2, 0.25) is 0 Å². The lowest BCUT2D eigenvalue weighted by Gasteiger charge is -2.34. The molecule has 3 nitrogen and oxygen atoms in total. The summed E-state index contributed by atoms with van der Waals surface area (Å²) in [7, 11) is 0. The Morgan fingerprint density at radius 1 is 0.314 bits per heavy atom. The van der Waals surface area contributed by atoms with Crippen LogP contribution in [-0.2, 0) is 5.41 Å². The molecular formula is C48H31N3. The average Bonchev–Trinajstić information content (AvgIpc) is 3.53. The van der Waals surface area contributed by atoms with Gasteiger partial charge in [-0.2, -0.15) is 0 Å². The van der Waals surface area contributed by atoms with Gasteiger partial charge in [-0.25, -0.2) is 15.0 Å². The maximum Gasteiger partial charge on any atom is 0.164 e. The third-order valence-corrected chi connectivity index (χ3v) is 10.4. The van der Waals surface area contributed by atoms with Crippen LogP contribution in [0.15, 0.2) is 188 Å². The quantitative estimate of drug-likeness (QED) is 0.186. The summed E-state index contributed by atoms with van der Waals surface area (Å²) in [6.07, 6.45) is 0. The Morgan fingerprint density at radius 2 is 0.843 bits per heavy atom. The minimum atomic E-state index is -0.502. The predicted octanol–water partition coefficient (Wildman–Crippen LogP) is 11.5. The first-order chi connectivity index (χ1) is 25.3. The summed E-state index contributed by atoms with van der Waals surface area (Å²) < 4.78 is 0. The van der Waals surface area contributed by atoms with Gasteiger partial charge in [0.1, 0.15) is 0 Å². The molecule has 0 fully saturated rings. The Kier molecular flexibility index (Phi) is 6.71. The summed E-state index contributed by atoms with van der Waals surface area (Å²) >= 11 is 0. The molecule has 1 aliphatic carbocycles. The second kappa shape index (κ2) is 11.7. The summed E-state index contributed by atoms with van der Waals surface area (Å²) in [6.45, 7) is 0. The molecule has 0 amide bonds. The minimum absolute atomic E-state index is 0.502. The molecule has 1 atom stereocenters. The zero-order valence-electron chi connectivity index (χ0n) is 27.7. The molecule has 0 spiro atoms.